The quantitative estimate of drug-likeness (QED) is 0.620. The van der Waals surface area contributed by atoms with E-state index in [0.29, 0.717) is 11.9 Å². The van der Waals surface area contributed by atoms with Crippen molar-refractivity contribution in [2.75, 3.05) is 26.2 Å². The lowest BCUT2D eigenvalue weighted by Gasteiger charge is -2.26. The van der Waals surface area contributed by atoms with Gasteiger partial charge >= 0.3 is 0 Å². The normalized spacial score (nSPS) is 15.7. The van der Waals surface area contributed by atoms with Gasteiger partial charge in [-0.3, -0.25) is 14.2 Å². The number of likely N-dealkylation sites (tertiary alicyclic amines) is 1. The van der Waals surface area contributed by atoms with Crippen molar-refractivity contribution in [2.24, 2.45) is 0 Å². The number of carbonyl (C=O) groups excluding carboxylic acids is 1. The second-order valence-corrected chi connectivity index (χ2v) is 8.06. The first-order valence-corrected chi connectivity index (χ1v) is 10.3. The van der Waals surface area contributed by atoms with Gasteiger partial charge in [-0.1, -0.05) is 6.42 Å². The Morgan fingerprint density at radius 3 is 2.73 bits per heavy atom. The molecule has 1 saturated heterocycles. The number of hydrogen-bond donors (Lipinski definition) is 1. The minimum atomic E-state index is -0.429. The number of pyridine rings is 1. The molecule has 142 valence electrons. The van der Waals surface area contributed by atoms with E-state index in [0.717, 1.165) is 30.9 Å². The van der Waals surface area contributed by atoms with Gasteiger partial charge in [-0.2, -0.15) is 0 Å². The van der Waals surface area contributed by atoms with Crippen molar-refractivity contribution in [3.63, 3.8) is 0 Å². The lowest BCUT2D eigenvalue weighted by atomic mass is 10.1. The molecule has 0 spiro atoms. The molecule has 1 aliphatic heterocycles. The SMILES string of the molecule is CC(C)n1c(=O)c(C(=O)NCCCN2CCCCC2)c([OH2+])c2ccsc21. The fourth-order valence-corrected chi connectivity index (χ4v) is 4.63. The average Bonchev–Trinajstić information content (AvgIpc) is 3.09. The number of fused-ring (bicyclic) bond motifs is 1. The summed E-state index contributed by atoms with van der Waals surface area (Å²) in [6.45, 7) is 7.61. The van der Waals surface area contributed by atoms with E-state index in [2.05, 4.69) is 10.2 Å². The molecule has 3 heterocycles. The van der Waals surface area contributed by atoms with Gasteiger partial charge in [-0.25, -0.2) is 0 Å². The van der Waals surface area contributed by atoms with Crippen LogP contribution in [0.25, 0.3) is 10.2 Å². The lowest BCUT2D eigenvalue weighted by molar-refractivity contribution is 0.0946. The maximum atomic E-state index is 12.8. The van der Waals surface area contributed by atoms with Crippen LogP contribution in [-0.4, -0.2) is 46.7 Å². The fraction of sp³-hybridized carbons (Fsp3) is 0.579. The molecule has 1 aliphatic rings. The molecule has 3 rings (SSSR count). The molecule has 0 saturated carbocycles. The molecule has 7 heteroatoms. The van der Waals surface area contributed by atoms with Crippen molar-refractivity contribution < 1.29 is 9.90 Å². The summed E-state index contributed by atoms with van der Waals surface area (Å²) in [5.41, 5.74) is -0.406. The van der Waals surface area contributed by atoms with Crippen molar-refractivity contribution >= 4 is 27.5 Å². The van der Waals surface area contributed by atoms with Crippen LogP contribution < -0.4 is 10.9 Å². The number of amides is 1. The van der Waals surface area contributed by atoms with Gasteiger partial charge in [-0.05, 0) is 64.2 Å². The first kappa shape index (κ1) is 18.9. The Kier molecular flexibility index (Phi) is 5.98. The highest BCUT2D eigenvalue weighted by Gasteiger charge is 2.27. The number of carbonyl (C=O) groups is 1. The predicted molar refractivity (Wildman–Crippen MR) is 107 cm³/mol. The Hall–Kier alpha value is -1.86. The second kappa shape index (κ2) is 8.22. The first-order valence-electron chi connectivity index (χ1n) is 9.38. The third kappa shape index (κ3) is 3.78. The van der Waals surface area contributed by atoms with Gasteiger partial charge in [0, 0.05) is 12.6 Å². The number of nitrogens with zero attached hydrogens (tertiary/aromatic N) is 2. The average molecular weight is 379 g/mol. The molecule has 0 atom stereocenters. The number of piperidine rings is 1. The third-order valence-electron chi connectivity index (χ3n) is 4.94. The van der Waals surface area contributed by atoms with Crippen LogP contribution in [0, 0.1) is 0 Å². The standard InChI is InChI=1S/C19H27N3O3S/c1-13(2)22-18(25)15(16(23)14-7-12-26-19(14)22)17(24)20-8-6-11-21-9-4-3-5-10-21/h7,12-13,23H,3-6,8-11H2,1-2H3,(H,20,24)/p+1. The molecule has 0 bridgehead atoms. The van der Waals surface area contributed by atoms with Crippen molar-refractivity contribution in [1.29, 1.82) is 0 Å². The monoisotopic (exact) mass is 378 g/mol. The molecule has 0 aromatic carbocycles. The molecule has 1 fully saturated rings. The molecule has 2 aromatic heterocycles. The van der Waals surface area contributed by atoms with Gasteiger partial charge in [0.25, 0.3) is 17.2 Å². The molecular formula is C19H28N3O3S+. The number of thiophene rings is 1. The second-order valence-electron chi connectivity index (χ2n) is 7.17. The number of aromatic nitrogens is 1. The Balaban J connectivity index is 1.72. The number of rotatable bonds is 6. The highest BCUT2D eigenvalue weighted by Crippen LogP contribution is 2.31. The zero-order chi connectivity index (χ0) is 18.7. The lowest BCUT2D eigenvalue weighted by Crippen LogP contribution is -2.36. The Morgan fingerprint density at radius 2 is 2.04 bits per heavy atom. The molecule has 2 aromatic rings. The summed E-state index contributed by atoms with van der Waals surface area (Å²) < 4.78 is 1.63. The van der Waals surface area contributed by atoms with Crippen LogP contribution in [0.1, 0.15) is 55.9 Å². The smallest absolute Gasteiger partial charge is 0.283 e. The van der Waals surface area contributed by atoms with E-state index in [4.69, 9.17) is 5.11 Å². The molecule has 26 heavy (non-hydrogen) atoms. The van der Waals surface area contributed by atoms with Crippen molar-refractivity contribution in [1.82, 2.24) is 14.8 Å². The number of hydrogen-bond acceptors (Lipinski definition) is 4. The van der Waals surface area contributed by atoms with Gasteiger partial charge in [-0.15, -0.1) is 11.3 Å². The van der Waals surface area contributed by atoms with E-state index in [1.54, 1.807) is 4.57 Å². The summed E-state index contributed by atoms with van der Waals surface area (Å²) in [6, 6.07) is 1.75. The predicted octanol–water partition coefficient (Wildman–Crippen LogP) is 2.69. The van der Waals surface area contributed by atoms with Crippen LogP contribution in [0.4, 0.5) is 0 Å². The largest absolute Gasteiger partial charge is 0.592 e. The van der Waals surface area contributed by atoms with Crippen LogP contribution >= 0.6 is 11.3 Å². The highest BCUT2D eigenvalue weighted by atomic mass is 32.1. The van der Waals surface area contributed by atoms with Crippen LogP contribution in [-0.2, 0) is 0 Å². The van der Waals surface area contributed by atoms with Crippen molar-refractivity contribution in [2.45, 2.75) is 45.6 Å². The minimum absolute atomic E-state index is 0.0386. The summed E-state index contributed by atoms with van der Waals surface area (Å²) in [5, 5.41) is 13.7. The van der Waals surface area contributed by atoms with Crippen LogP contribution in [0.3, 0.4) is 0 Å². The molecule has 6 nitrogen and oxygen atoms in total. The van der Waals surface area contributed by atoms with Crippen LogP contribution in [0.5, 0.6) is 5.75 Å². The Bertz CT molecular complexity index is 834. The van der Waals surface area contributed by atoms with Crippen molar-refractivity contribution in [3.05, 3.63) is 27.4 Å². The number of nitrogens with one attached hydrogen (secondary N) is 1. The molecule has 0 aliphatic carbocycles. The van der Waals surface area contributed by atoms with Gasteiger partial charge in [0.2, 0.25) is 5.56 Å². The maximum Gasteiger partial charge on any atom is 0.283 e. The summed E-state index contributed by atoms with van der Waals surface area (Å²) >= 11 is 1.43. The molecular weight excluding hydrogens is 350 g/mol. The summed E-state index contributed by atoms with van der Waals surface area (Å²) in [5.74, 6) is -0.391. The maximum absolute atomic E-state index is 12.8. The van der Waals surface area contributed by atoms with Crippen molar-refractivity contribution in [3.8, 4) is 5.75 Å². The molecule has 1 amide bonds. The highest BCUT2D eigenvalue weighted by molar-refractivity contribution is 7.16. The van der Waals surface area contributed by atoms with E-state index in [-0.39, 0.29) is 22.9 Å². The molecule has 3 N–H and O–H groups in total. The molecule has 0 unspecified atom stereocenters. The third-order valence-corrected chi connectivity index (χ3v) is 5.86. The summed E-state index contributed by atoms with van der Waals surface area (Å²) in [7, 11) is 0. The van der Waals surface area contributed by atoms with E-state index >= 15 is 0 Å². The zero-order valence-corrected chi connectivity index (χ0v) is 16.3. The summed E-state index contributed by atoms with van der Waals surface area (Å²) in [4.78, 5) is 28.7. The van der Waals surface area contributed by atoms with Gasteiger partial charge in [0.15, 0.2) is 0 Å². The first-order chi connectivity index (χ1) is 12.5. The topological polar surface area (TPSA) is 77.2 Å². The van der Waals surface area contributed by atoms with E-state index in [1.165, 1.54) is 30.6 Å². The van der Waals surface area contributed by atoms with Gasteiger partial charge in [0.05, 0.1) is 0 Å². The van der Waals surface area contributed by atoms with E-state index in [1.807, 2.05) is 25.3 Å². The minimum Gasteiger partial charge on any atom is -0.592 e. The molecule has 0 radical (unpaired) electrons. The Labute approximate surface area is 157 Å². The zero-order valence-electron chi connectivity index (χ0n) is 15.5. The fourth-order valence-electron chi connectivity index (χ4n) is 3.59. The van der Waals surface area contributed by atoms with Gasteiger partial charge in [0.1, 0.15) is 10.2 Å². The van der Waals surface area contributed by atoms with E-state index in [9.17, 15) is 9.59 Å². The Morgan fingerprint density at radius 1 is 1.31 bits per heavy atom. The van der Waals surface area contributed by atoms with Crippen LogP contribution in [0.2, 0.25) is 0 Å². The van der Waals surface area contributed by atoms with E-state index < -0.39 is 5.91 Å². The summed E-state index contributed by atoms with van der Waals surface area (Å²) in [6.07, 6.45) is 4.68. The van der Waals surface area contributed by atoms with Crippen LogP contribution in [0.15, 0.2) is 16.2 Å². The van der Waals surface area contributed by atoms with Gasteiger partial charge < -0.3 is 15.3 Å².